The van der Waals surface area contributed by atoms with Gasteiger partial charge in [0.05, 0.1) is 5.52 Å². The number of carbonyl (C=O) groups excluding carboxylic acids is 2. The second kappa shape index (κ2) is 6.95. The van der Waals surface area contributed by atoms with Crippen LogP contribution in [0.15, 0.2) is 57.7 Å². The van der Waals surface area contributed by atoms with E-state index < -0.39 is 5.76 Å². The van der Waals surface area contributed by atoms with Crippen molar-refractivity contribution in [3.05, 3.63) is 64.6 Å². The average molecular weight is 324 g/mol. The normalized spacial score (nSPS) is 10.7. The van der Waals surface area contributed by atoms with E-state index in [4.69, 9.17) is 4.42 Å². The standard InChI is InChI=1S/C18H16N2O4/c21-15(12-5-2-1-3-6-12)7-4-8-17(22)19-13-9-10-16-14(11-13)20-18(23)24-16/h1-3,5-6,9-11H,4,7-8H2,(H,19,22)(H,20,23). The Morgan fingerprint density at radius 1 is 1.04 bits per heavy atom. The molecule has 0 aliphatic heterocycles. The van der Waals surface area contributed by atoms with Crippen molar-refractivity contribution < 1.29 is 14.0 Å². The molecule has 3 aromatic rings. The van der Waals surface area contributed by atoms with E-state index in [1.807, 2.05) is 18.2 Å². The van der Waals surface area contributed by atoms with E-state index in [1.165, 1.54) is 0 Å². The fourth-order valence-corrected chi connectivity index (χ4v) is 2.43. The van der Waals surface area contributed by atoms with Gasteiger partial charge in [0.15, 0.2) is 11.4 Å². The molecule has 3 rings (SSSR count). The van der Waals surface area contributed by atoms with Crippen molar-refractivity contribution in [1.82, 2.24) is 4.98 Å². The van der Waals surface area contributed by atoms with Gasteiger partial charge in [-0.15, -0.1) is 0 Å². The second-order valence-corrected chi connectivity index (χ2v) is 5.42. The lowest BCUT2D eigenvalue weighted by Gasteiger charge is -2.05. The lowest BCUT2D eigenvalue weighted by atomic mass is 10.1. The van der Waals surface area contributed by atoms with E-state index in [9.17, 15) is 14.4 Å². The lowest BCUT2D eigenvalue weighted by Crippen LogP contribution is -2.12. The number of Topliss-reactive ketones (excluding diaryl/α,β-unsaturated/α-hetero) is 1. The van der Waals surface area contributed by atoms with Gasteiger partial charge in [-0.3, -0.25) is 14.6 Å². The molecule has 0 spiro atoms. The van der Waals surface area contributed by atoms with Crippen molar-refractivity contribution in [1.29, 1.82) is 0 Å². The molecule has 0 radical (unpaired) electrons. The van der Waals surface area contributed by atoms with Gasteiger partial charge in [-0.25, -0.2) is 4.79 Å². The molecule has 0 saturated heterocycles. The first kappa shape index (κ1) is 15.7. The number of H-pyrrole nitrogens is 1. The van der Waals surface area contributed by atoms with Gasteiger partial charge in [0.2, 0.25) is 5.91 Å². The molecule has 0 unspecified atom stereocenters. The van der Waals surface area contributed by atoms with Crippen LogP contribution in [0.2, 0.25) is 0 Å². The summed E-state index contributed by atoms with van der Waals surface area (Å²) >= 11 is 0. The molecule has 1 aromatic heterocycles. The van der Waals surface area contributed by atoms with Crippen molar-refractivity contribution in [3.63, 3.8) is 0 Å². The maximum atomic E-state index is 12.0. The summed E-state index contributed by atoms with van der Waals surface area (Å²) in [6.07, 6.45) is 1.05. The minimum absolute atomic E-state index is 0.0285. The molecule has 6 nitrogen and oxygen atoms in total. The van der Waals surface area contributed by atoms with Crippen LogP contribution in [-0.4, -0.2) is 16.7 Å². The minimum atomic E-state index is -0.534. The monoisotopic (exact) mass is 324 g/mol. The average Bonchev–Trinajstić information content (AvgIpc) is 2.95. The van der Waals surface area contributed by atoms with Crippen molar-refractivity contribution in [2.75, 3.05) is 5.32 Å². The molecule has 0 aliphatic carbocycles. The van der Waals surface area contributed by atoms with Crippen LogP contribution in [-0.2, 0) is 4.79 Å². The van der Waals surface area contributed by atoms with Crippen LogP contribution >= 0.6 is 0 Å². The van der Waals surface area contributed by atoms with Gasteiger partial charge in [-0.1, -0.05) is 30.3 Å². The van der Waals surface area contributed by atoms with Gasteiger partial charge >= 0.3 is 5.76 Å². The zero-order valence-corrected chi connectivity index (χ0v) is 12.9. The number of ketones is 1. The molecule has 2 aromatic carbocycles. The number of carbonyl (C=O) groups is 2. The Morgan fingerprint density at radius 3 is 2.62 bits per heavy atom. The minimum Gasteiger partial charge on any atom is -0.408 e. The molecular formula is C18H16N2O4. The second-order valence-electron chi connectivity index (χ2n) is 5.42. The Morgan fingerprint density at radius 2 is 1.83 bits per heavy atom. The largest absolute Gasteiger partial charge is 0.417 e. The Balaban J connectivity index is 1.51. The fourth-order valence-electron chi connectivity index (χ4n) is 2.43. The predicted octanol–water partition coefficient (Wildman–Crippen LogP) is 3.11. The molecule has 24 heavy (non-hydrogen) atoms. The third kappa shape index (κ3) is 3.78. The first-order chi connectivity index (χ1) is 11.6. The van der Waals surface area contributed by atoms with Crippen molar-refractivity contribution in [2.45, 2.75) is 19.3 Å². The Labute approximate surface area is 137 Å². The SMILES string of the molecule is O=C(CCCC(=O)c1ccccc1)Nc1ccc2oc(=O)[nH]c2c1. The Hall–Kier alpha value is -3.15. The number of hydrogen-bond donors (Lipinski definition) is 2. The molecule has 0 bridgehead atoms. The maximum Gasteiger partial charge on any atom is 0.417 e. The number of benzene rings is 2. The van der Waals surface area contributed by atoms with Crippen molar-refractivity contribution >= 4 is 28.5 Å². The fraction of sp³-hybridized carbons (Fsp3) is 0.167. The summed E-state index contributed by atoms with van der Waals surface area (Å²) in [5.74, 6) is -0.685. The summed E-state index contributed by atoms with van der Waals surface area (Å²) in [7, 11) is 0. The summed E-state index contributed by atoms with van der Waals surface area (Å²) in [5.41, 5.74) is 2.19. The summed E-state index contributed by atoms with van der Waals surface area (Å²) < 4.78 is 4.90. The van der Waals surface area contributed by atoms with E-state index in [-0.39, 0.29) is 18.1 Å². The molecule has 0 fully saturated rings. The number of amides is 1. The summed E-state index contributed by atoms with van der Waals surface area (Å²) in [6.45, 7) is 0. The number of nitrogens with one attached hydrogen (secondary N) is 2. The van der Waals surface area contributed by atoms with E-state index >= 15 is 0 Å². The number of aromatic nitrogens is 1. The van der Waals surface area contributed by atoms with Gasteiger partial charge in [-0.05, 0) is 24.6 Å². The highest BCUT2D eigenvalue weighted by Crippen LogP contribution is 2.16. The topological polar surface area (TPSA) is 92.2 Å². The Kier molecular flexibility index (Phi) is 4.56. The maximum absolute atomic E-state index is 12.0. The van der Waals surface area contributed by atoms with Gasteiger partial charge in [0.25, 0.3) is 0 Å². The quantitative estimate of drug-likeness (QED) is 0.681. The van der Waals surface area contributed by atoms with E-state index in [2.05, 4.69) is 10.3 Å². The van der Waals surface area contributed by atoms with Crippen LogP contribution in [0.4, 0.5) is 5.69 Å². The highest BCUT2D eigenvalue weighted by atomic mass is 16.4. The van der Waals surface area contributed by atoms with Crippen molar-refractivity contribution in [3.8, 4) is 0 Å². The van der Waals surface area contributed by atoms with E-state index in [0.29, 0.717) is 35.2 Å². The number of hydrogen-bond acceptors (Lipinski definition) is 4. The number of aromatic amines is 1. The molecule has 6 heteroatoms. The van der Waals surface area contributed by atoms with E-state index in [1.54, 1.807) is 30.3 Å². The molecule has 0 saturated carbocycles. The van der Waals surface area contributed by atoms with Gasteiger partial charge in [-0.2, -0.15) is 0 Å². The molecule has 122 valence electrons. The third-order valence-corrected chi connectivity index (χ3v) is 3.61. The number of anilines is 1. The highest BCUT2D eigenvalue weighted by Gasteiger charge is 2.08. The third-order valence-electron chi connectivity index (χ3n) is 3.61. The predicted molar refractivity (Wildman–Crippen MR) is 90.1 cm³/mol. The van der Waals surface area contributed by atoms with Crippen molar-refractivity contribution in [2.24, 2.45) is 0 Å². The van der Waals surface area contributed by atoms with Crippen LogP contribution in [0.25, 0.3) is 11.1 Å². The lowest BCUT2D eigenvalue weighted by molar-refractivity contribution is -0.116. The number of rotatable bonds is 6. The van der Waals surface area contributed by atoms with E-state index in [0.717, 1.165) is 0 Å². The van der Waals surface area contributed by atoms with Crippen LogP contribution in [0.1, 0.15) is 29.6 Å². The summed E-state index contributed by atoms with van der Waals surface area (Å²) in [4.78, 5) is 37.5. The smallest absolute Gasteiger partial charge is 0.408 e. The molecule has 0 atom stereocenters. The van der Waals surface area contributed by atoms with Crippen LogP contribution in [0.3, 0.4) is 0 Å². The van der Waals surface area contributed by atoms with Crippen LogP contribution in [0, 0.1) is 0 Å². The molecule has 2 N–H and O–H groups in total. The molecular weight excluding hydrogens is 308 g/mol. The summed E-state index contributed by atoms with van der Waals surface area (Å²) in [5, 5.41) is 2.74. The Bertz CT molecular complexity index is 925. The van der Waals surface area contributed by atoms with Crippen LogP contribution < -0.4 is 11.1 Å². The van der Waals surface area contributed by atoms with Gasteiger partial charge in [0, 0.05) is 24.1 Å². The van der Waals surface area contributed by atoms with Gasteiger partial charge < -0.3 is 9.73 Å². The van der Waals surface area contributed by atoms with Gasteiger partial charge in [0.1, 0.15) is 0 Å². The summed E-state index contributed by atoms with van der Waals surface area (Å²) in [6, 6.07) is 13.9. The molecule has 1 heterocycles. The first-order valence-corrected chi connectivity index (χ1v) is 7.63. The zero-order chi connectivity index (χ0) is 16.9. The molecule has 0 aliphatic rings. The van der Waals surface area contributed by atoms with Crippen LogP contribution in [0.5, 0.6) is 0 Å². The number of fused-ring (bicyclic) bond motifs is 1. The first-order valence-electron chi connectivity index (χ1n) is 7.63. The number of oxazole rings is 1. The molecule has 1 amide bonds. The zero-order valence-electron chi connectivity index (χ0n) is 12.9. The highest BCUT2D eigenvalue weighted by molar-refractivity contribution is 5.97.